The van der Waals surface area contributed by atoms with E-state index in [1.807, 2.05) is 62.4 Å². The summed E-state index contributed by atoms with van der Waals surface area (Å²) >= 11 is 5.91. The molecule has 0 spiro atoms. The minimum Gasteiger partial charge on any atom is -0.493 e. The summed E-state index contributed by atoms with van der Waals surface area (Å²) in [4.78, 5) is 11.8. The van der Waals surface area contributed by atoms with Gasteiger partial charge in [-0.05, 0) is 55.2 Å². The third-order valence-electron chi connectivity index (χ3n) is 3.59. The maximum Gasteiger partial charge on any atom is 0.240 e. The summed E-state index contributed by atoms with van der Waals surface area (Å²) in [5, 5.41) is 4.66. The van der Waals surface area contributed by atoms with E-state index < -0.39 is 0 Å². The zero-order valence-electron chi connectivity index (χ0n) is 15.0. The number of hydrazone groups is 1. The van der Waals surface area contributed by atoms with Gasteiger partial charge in [0, 0.05) is 11.4 Å². The molecule has 1 N–H and O–H groups in total. The molecule has 0 saturated heterocycles. The first-order valence-corrected chi connectivity index (χ1v) is 8.86. The maximum absolute atomic E-state index is 11.8. The Morgan fingerprint density at radius 2 is 2.00 bits per heavy atom. The van der Waals surface area contributed by atoms with Gasteiger partial charge in [-0.3, -0.25) is 4.79 Å². The van der Waals surface area contributed by atoms with Gasteiger partial charge in [0.25, 0.3) is 0 Å². The van der Waals surface area contributed by atoms with Crippen LogP contribution in [-0.4, -0.2) is 18.7 Å². The highest BCUT2D eigenvalue weighted by atomic mass is 35.5. The van der Waals surface area contributed by atoms with E-state index in [1.54, 1.807) is 12.3 Å². The normalized spacial score (nSPS) is 11.6. The third-order valence-corrected chi connectivity index (χ3v) is 3.83. The molecule has 2 aromatic carbocycles. The van der Waals surface area contributed by atoms with E-state index in [0.717, 1.165) is 22.4 Å². The Bertz CT molecular complexity index is 786. The molecule has 5 heteroatoms. The standard InChI is InChI=1S/C21H23ClN2O2/c1-16(13-18-7-4-3-5-8-18)15-23-24-21(25)9-6-12-26-20-11-10-19(22)14-17(20)2/h3-5,7-8,10-11,13-15H,6,9,12H2,1-2H3,(H,24,25). The second kappa shape index (κ2) is 10.4. The van der Waals surface area contributed by atoms with Crippen molar-refractivity contribution in [2.24, 2.45) is 5.10 Å². The molecule has 26 heavy (non-hydrogen) atoms. The number of amides is 1. The third kappa shape index (κ3) is 7.11. The lowest BCUT2D eigenvalue weighted by Crippen LogP contribution is -2.18. The summed E-state index contributed by atoms with van der Waals surface area (Å²) in [6, 6.07) is 15.4. The van der Waals surface area contributed by atoms with E-state index in [4.69, 9.17) is 16.3 Å². The summed E-state index contributed by atoms with van der Waals surface area (Å²) in [7, 11) is 0. The fourth-order valence-corrected chi connectivity index (χ4v) is 2.53. The van der Waals surface area contributed by atoms with Crippen LogP contribution in [0.15, 0.2) is 59.2 Å². The van der Waals surface area contributed by atoms with Crippen LogP contribution in [0.3, 0.4) is 0 Å². The van der Waals surface area contributed by atoms with Crippen molar-refractivity contribution in [3.63, 3.8) is 0 Å². The van der Waals surface area contributed by atoms with E-state index in [2.05, 4.69) is 10.5 Å². The molecular formula is C21H23ClN2O2. The quantitative estimate of drug-likeness (QED) is 0.403. The van der Waals surface area contributed by atoms with Crippen LogP contribution in [0.4, 0.5) is 0 Å². The van der Waals surface area contributed by atoms with Crippen molar-refractivity contribution in [1.82, 2.24) is 5.43 Å². The predicted octanol–water partition coefficient (Wildman–Crippen LogP) is 5.01. The average molecular weight is 371 g/mol. The molecule has 136 valence electrons. The number of carbonyl (C=O) groups is 1. The molecule has 4 nitrogen and oxygen atoms in total. The van der Waals surface area contributed by atoms with Crippen LogP contribution in [0.2, 0.25) is 5.02 Å². The average Bonchev–Trinajstić information content (AvgIpc) is 2.61. The lowest BCUT2D eigenvalue weighted by molar-refractivity contribution is -0.121. The molecule has 0 radical (unpaired) electrons. The van der Waals surface area contributed by atoms with Crippen molar-refractivity contribution in [3.05, 3.63) is 70.3 Å². The number of hydrogen-bond donors (Lipinski definition) is 1. The summed E-state index contributed by atoms with van der Waals surface area (Å²) in [6.07, 6.45) is 4.60. The van der Waals surface area contributed by atoms with Gasteiger partial charge < -0.3 is 4.74 Å². The molecule has 0 saturated carbocycles. The highest BCUT2D eigenvalue weighted by Crippen LogP contribution is 2.21. The number of nitrogens with one attached hydrogen (secondary N) is 1. The Morgan fingerprint density at radius 1 is 1.23 bits per heavy atom. The van der Waals surface area contributed by atoms with Crippen LogP contribution >= 0.6 is 11.6 Å². The highest BCUT2D eigenvalue weighted by molar-refractivity contribution is 6.30. The van der Waals surface area contributed by atoms with Crippen LogP contribution < -0.4 is 10.2 Å². The fraction of sp³-hybridized carbons (Fsp3) is 0.238. The fourth-order valence-electron chi connectivity index (χ4n) is 2.30. The second-order valence-electron chi connectivity index (χ2n) is 5.95. The van der Waals surface area contributed by atoms with E-state index in [-0.39, 0.29) is 5.91 Å². The molecular weight excluding hydrogens is 348 g/mol. The first-order valence-electron chi connectivity index (χ1n) is 8.49. The first kappa shape index (κ1) is 19.7. The van der Waals surface area contributed by atoms with Crippen molar-refractivity contribution in [2.75, 3.05) is 6.61 Å². The minimum absolute atomic E-state index is 0.134. The number of aryl methyl sites for hydroxylation is 1. The Labute approximate surface area is 159 Å². The van der Waals surface area contributed by atoms with Crippen molar-refractivity contribution in [2.45, 2.75) is 26.7 Å². The number of halogens is 1. The van der Waals surface area contributed by atoms with Crippen LogP contribution in [0.25, 0.3) is 6.08 Å². The topological polar surface area (TPSA) is 50.7 Å². The van der Waals surface area contributed by atoms with E-state index >= 15 is 0 Å². The van der Waals surface area contributed by atoms with Crippen LogP contribution in [-0.2, 0) is 4.79 Å². The van der Waals surface area contributed by atoms with Gasteiger partial charge >= 0.3 is 0 Å². The number of hydrogen-bond acceptors (Lipinski definition) is 3. The van der Waals surface area contributed by atoms with Crippen molar-refractivity contribution < 1.29 is 9.53 Å². The maximum atomic E-state index is 11.8. The first-order chi connectivity index (χ1) is 12.5. The molecule has 0 atom stereocenters. The van der Waals surface area contributed by atoms with Crippen LogP contribution in [0.1, 0.15) is 30.9 Å². The summed E-state index contributed by atoms with van der Waals surface area (Å²) < 4.78 is 5.67. The van der Waals surface area contributed by atoms with E-state index in [1.165, 1.54) is 0 Å². The molecule has 0 fully saturated rings. The molecule has 0 aliphatic heterocycles. The van der Waals surface area contributed by atoms with Crippen LogP contribution in [0, 0.1) is 6.92 Å². The summed E-state index contributed by atoms with van der Waals surface area (Å²) in [5.41, 5.74) is 5.56. The number of allylic oxidation sites excluding steroid dienone is 1. The second-order valence-corrected chi connectivity index (χ2v) is 6.39. The molecule has 2 aromatic rings. The predicted molar refractivity (Wildman–Crippen MR) is 108 cm³/mol. The Balaban J connectivity index is 1.68. The van der Waals surface area contributed by atoms with E-state index in [0.29, 0.717) is 24.5 Å². The van der Waals surface area contributed by atoms with Gasteiger partial charge in [-0.2, -0.15) is 5.10 Å². The smallest absolute Gasteiger partial charge is 0.240 e. The Hall–Kier alpha value is -2.59. The van der Waals surface area contributed by atoms with Gasteiger partial charge in [-0.25, -0.2) is 5.43 Å². The molecule has 0 heterocycles. The zero-order valence-corrected chi connectivity index (χ0v) is 15.8. The number of benzene rings is 2. The molecule has 0 bridgehead atoms. The van der Waals surface area contributed by atoms with Gasteiger partial charge in [0.15, 0.2) is 0 Å². The van der Waals surface area contributed by atoms with Crippen molar-refractivity contribution in [3.8, 4) is 5.75 Å². The molecule has 0 aromatic heterocycles. The Morgan fingerprint density at radius 3 is 2.73 bits per heavy atom. The van der Waals surface area contributed by atoms with Crippen molar-refractivity contribution in [1.29, 1.82) is 0 Å². The monoisotopic (exact) mass is 370 g/mol. The van der Waals surface area contributed by atoms with Gasteiger partial charge in [0.05, 0.1) is 12.8 Å². The number of ether oxygens (including phenoxy) is 1. The van der Waals surface area contributed by atoms with E-state index in [9.17, 15) is 4.79 Å². The van der Waals surface area contributed by atoms with Gasteiger partial charge in [0.1, 0.15) is 5.75 Å². The molecule has 0 aliphatic rings. The lowest BCUT2D eigenvalue weighted by atomic mass is 10.1. The van der Waals surface area contributed by atoms with Crippen molar-refractivity contribution >= 4 is 29.8 Å². The minimum atomic E-state index is -0.134. The zero-order chi connectivity index (χ0) is 18.8. The van der Waals surface area contributed by atoms with Gasteiger partial charge in [-0.1, -0.05) is 48.0 Å². The molecule has 2 rings (SSSR count). The number of rotatable bonds is 8. The summed E-state index contributed by atoms with van der Waals surface area (Å²) in [6.45, 7) is 4.34. The van der Waals surface area contributed by atoms with Gasteiger partial charge in [-0.15, -0.1) is 0 Å². The van der Waals surface area contributed by atoms with Gasteiger partial charge in [0.2, 0.25) is 5.91 Å². The molecule has 0 aliphatic carbocycles. The molecule has 1 amide bonds. The SMILES string of the molecule is CC(C=NNC(=O)CCCOc1ccc(Cl)cc1C)=Cc1ccccc1. The number of nitrogens with zero attached hydrogens (tertiary/aromatic N) is 1. The summed E-state index contributed by atoms with van der Waals surface area (Å²) in [5.74, 6) is 0.652. The largest absolute Gasteiger partial charge is 0.493 e. The Kier molecular flexibility index (Phi) is 7.90. The highest BCUT2D eigenvalue weighted by Gasteiger charge is 2.02. The number of carbonyl (C=O) groups excluding carboxylic acids is 1. The molecule has 0 unspecified atom stereocenters. The lowest BCUT2D eigenvalue weighted by Gasteiger charge is -2.08. The van der Waals surface area contributed by atoms with Crippen LogP contribution in [0.5, 0.6) is 5.75 Å².